The number of Topliss-reactive ketones (excluding diaryl/α,β-unsaturated/α-hetero) is 1. The first-order valence-corrected chi connectivity index (χ1v) is 9.99. The summed E-state index contributed by atoms with van der Waals surface area (Å²) in [5, 5.41) is 20.9. The highest BCUT2D eigenvalue weighted by Gasteiger charge is 2.67. The van der Waals surface area contributed by atoms with Crippen LogP contribution in [0.3, 0.4) is 0 Å². The van der Waals surface area contributed by atoms with Gasteiger partial charge in [0.2, 0.25) is 0 Å². The van der Waals surface area contributed by atoms with Crippen molar-refractivity contribution in [3.8, 4) is 0 Å². The summed E-state index contributed by atoms with van der Waals surface area (Å²) >= 11 is 0. The van der Waals surface area contributed by atoms with E-state index >= 15 is 0 Å². The monoisotopic (exact) mass is 358 g/mol. The van der Waals surface area contributed by atoms with E-state index in [2.05, 4.69) is 13.0 Å². The lowest BCUT2D eigenvalue weighted by atomic mass is 9.50. The molecule has 4 nitrogen and oxygen atoms in total. The maximum atomic E-state index is 12.5. The van der Waals surface area contributed by atoms with E-state index in [4.69, 9.17) is 0 Å². The van der Waals surface area contributed by atoms with Crippen LogP contribution >= 0.6 is 0 Å². The Morgan fingerprint density at radius 2 is 2.04 bits per heavy atom. The van der Waals surface area contributed by atoms with Gasteiger partial charge in [-0.15, -0.1) is 0 Å². The van der Waals surface area contributed by atoms with Crippen LogP contribution in [0.5, 0.6) is 0 Å². The van der Waals surface area contributed by atoms with Gasteiger partial charge in [-0.3, -0.25) is 9.59 Å². The maximum absolute atomic E-state index is 12.5. The van der Waals surface area contributed by atoms with E-state index < -0.39 is 23.4 Å². The summed E-state index contributed by atoms with van der Waals surface area (Å²) in [4.78, 5) is 24.4. The second kappa shape index (κ2) is 5.62. The zero-order valence-electron chi connectivity index (χ0n) is 16.0. The Balaban J connectivity index is 1.78. The molecule has 0 spiro atoms. The molecule has 2 fully saturated rings. The van der Waals surface area contributed by atoms with Gasteiger partial charge in [0.25, 0.3) is 0 Å². The van der Waals surface area contributed by atoms with Crippen molar-refractivity contribution in [2.24, 2.45) is 28.6 Å². The summed E-state index contributed by atoms with van der Waals surface area (Å²) in [7, 11) is 0. The van der Waals surface area contributed by atoms with Gasteiger partial charge in [0.15, 0.2) is 11.6 Å². The van der Waals surface area contributed by atoms with Crippen molar-refractivity contribution in [2.45, 2.75) is 64.9 Å². The number of aliphatic hydroxyl groups excluding tert-OH is 1. The molecule has 0 bridgehead atoms. The van der Waals surface area contributed by atoms with Gasteiger partial charge in [-0.1, -0.05) is 38.0 Å². The summed E-state index contributed by atoms with van der Waals surface area (Å²) in [5.41, 5.74) is 0.685. The standard InChI is InChI=1S/C22H30O4/c1-13-10-18-16-5-4-14-11-15(24)6-8-20(14,2)17(16)7-9-21(18,3)22(13,26)19(25)12-23/h7,11,13,16,18,23,26H,4-6,8-10,12H2,1-3H3/t13-,16-,18+,20+,21+,22+/m1/s1. The van der Waals surface area contributed by atoms with Crippen LogP contribution in [0.2, 0.25) is 0 Å². The van der Waals surface area contributed by atoms with E-state index in [0.29, 0.717) is 18.8 Å². The highest BCUT2D eigenvalue weighted by atomic mass is 16.3. The molecule has 4 rings (SSSR count). The summed E-state index contributed by atoms with van der Waals surface area (Å²) in [6, 6.07) is 0. The minimum Gasteiger partial charge on any atom is -0.388 e. The van der Waals surface area contributed by atoms with Crippen molar-refractivity contribution in [1.82, 2.24) is 0 Å². The third-order valence-corrected chi connectivity index (χ3v) is 8.49. The average Bonchev–Trinajstić information content (AvgIpc) is 2.83. The molecule has 4 aliphatic carbocycles. The molecule has 6 atom stereocenters. The lowest BCUT2D eigenvalue weighted by Gasteiger charge is -2.54. The van der Waals surface area contributed by atoms with Crippen LogP contribution in [0, 0.1) is 28.6 Å². The summed E-state index contributed by atoms with van der Waals surface area (Å²) < 4.78 is 0. The van der Waals surface area contributed by atoms with Crippen molar-refractivity contribution in [1.29, 1.82) is 0 Å². The molecule has 2 N–H and O–H groups in total. The zero-order chi connectivity index (χ0) is 18.9. The van der Waals surface area contributed by atoms with Gasteiger partial charge in [-0.05, 0) is 55.9 Å². The number of rotatable bonds is 2. The summed E-state index contributed by atoms with van der Waals surface area (Å²) in [5.74, 6) is 0.260. The van der Waals surface area contributed by atoms with Gasteiger partial charge in [0.1, 0.15) is 12.2 Å². The van der Waals surface area contributed by atoms with Crippen LogP contribution in [-0.4, -0.2) is 34.0 Å². The van der Waals surface area contributed by atoms with Crippen molar-refractivity contribution in [3.05, 3.63) is 23.3 Å². The molecular formula is C22H30O4. The normalized spacial score (nSPS) is 47.4. The van der Waals surface area contributed by atoms with Crippen LogP contribution in [-0.2, 0) is 9.59 Å². The molecule has 0 saturated heterocycles. The molecule has 0 aromatic carbocycles. The number of hydrogen-bond donors (Lipinski definition) is 2. The minimum atomic E-state index is -1.45. The largest absolute Gasteiger partial charge is 0.388 e. The first-order chi connectivity index (χ1) is 12.2. The van der Waals surface area contributed by atoms with Gasteiger partial charge >= 0.3 is 0 Å². The molecule has 4 heteroatoms. The molecule has 4 aliphatic rings. The van der Waals surface area contributed by atoms with E-state index in [1.165, 1.54) is 11.1 Å². The van der Waals surface area contributed by atoms with Crippen LogP contribution in [0.4, 0.5) is 0 Å². The lowest BCUT2D eigenvalue weighted by molar-refractivity contribution is -0.161. The molecule has 0 aliphatic heterocycles. The molecule has 0 amide bonds. The summed E-state index contributed by atoms with van der Waals surface area (Å²) in [6.45, 7) is 5.67. The second-order valence-electron chi connectivity index (χ2n) is 9.49. The zero-order valence-corrected chi connectivity index (χ0v) is 16.0. The fourth-order valence-corrected chi connectivity index (χ4v) is 6.92. The van der Waals surface area contributed by atoms with Gasteiger partial charge < -0.3 is 10.2 Å². The predicted octanol–water partition coefficient (Wildman–Crippen LogP) is 2.98. The number of ketones is 2. The Morgan fingerprint density at radius 3 is 2.73 bits per heavy atom. The van der Waals surface area contributed by atoms with E-state index in [1.54, 1.807) is 0 Å². The first-order valence-electron chi connectivity index (χ1n) is 9.99. The smallest absolute Gasteiger partial charge is 0.190 e. The fraction of sp³-hybridized carbons (Fsp3) is 0.727. The van der Waals surface area contributed by atoms with Crippen LogP contribution in [0.25, 0.3) is 0 Å². The van der Waals surface area contributed by atoms with E-state index in [0.717, 1.165) is 25.7 Å². The topological polar surface area (TPSA) is 74.6 Å². The molecule has 0 unspecified atom stereocenters. The van der Waals surface area contributed by atoms with Crippen molar-refractivity contribution < 1.29 is 19.8 Å². The Hall–Kier alpha value is -1.26. The number of carbonyl (C=O) groups excluding carboxylic acids is 2. The van der Waals surface area contributed by atoms with Crippen LogP contribution in [0.1, 0.15) is 59.3 Å². The molecule has 0 aromatic rings. The fourth-order valence-electron chi connectivity index (χ4n) is 6.92. The van der Waals surface area contributed by atoms with Gasteiger partial charge in [-0.2, -0.15) is 0 Å². The third kappa shape index (κ3) is 2.03. The number of carbonyl (C=O) groups is 2. The average molecular weight is 358 g/mol. The second-order valence-corrected chi connectivity index (χ2v) is 9.49. The molecule has 26 heavy (non-hydrogen) atoms. The minimum absolute atomic E-state index is 0.0386. The van der Waals surface area contributed by atoms with Gasteiger partial charge in [-0.25, -0.2) is 0 Å². The molecule has 2 saturated carbocycles. The number of hydrogen-bond acceptors (Lipinski definition) is 4. The number of fused-ring (bicyclic) bond motifs is 5. The number of aliphatic hydroxyl groups is 2. The molecule has 0 radical (unpaired) electrons. The van der Waals surface area contributed by atoms with E-state index in [-0.39, 0.29) is 23.0 Å². The van der Waals surface area contributed by atoms with Crippen molar-refractivity contribution >= 4 is 11.6 Å². The van der Waals surface area contributed by atoms with Gasteiger partial charge in [0.05, 0.1) is 0 Å². The predicted molar refractivity (Wildman–Crippen MR) is 98.3 cm³/mol. The number of allylic oxidation sites excluding steroid dienone is 4. The molecular weight excluding hydrogens is 328 g/mol. The molecule has 0 heterocycles. The van der Waals surface area contributed by atoms with Gasteiger partial charge in [0, 0.05) is 17.3 Å². The van der Waals surface area contributed by atoms with Crippen molar-refractivity contribution in [2.75, 3.05) is 6.61 Å². The quantitative estimate of drug-likeness (QED) is 0.744. The lowest BCUT2D eigenvalue weighted by Crippen LogP contribution is -2.57. The third-order valence-electron chi connectivity index (χ3n) is 8.49. The van der Waals surface area contributed by atoms with Crippen LogP contribution < -0.4 is 0 Å². The highest BCUT2D eigenvalue weighted by molar-refractivity contribution is 5.92. The summed E-state index contributed by atoms with van der Waals surface area (Å²) in [6.07, 6.45) is 9.00. The molecule has 0 aromatic heterocycles. The first kappa shape index (κ1) is 18.1. The van der Waals surface area contributed by atoms with E-state index in [1.807, 2.05) is 19.9 Å². The molecule has 142 valence electrons. The maximum Gasteiger partial charge on any atom is 0.190 e. The Bertz CT molecular complexity index is 734. The Labute approximate surface area is 155 Å². The van der Waals surface area contributed by atoms with Crippen molar-refractivity contribution in [3.63, 3.8) is 0 Å². The highest BCUT2D eigenvalue weighted by Crippen LogP contribution is 2.66. The van der Waals surface area contributed by atoms with Crippen LogP contribution in [0.15, 0.2) is 23.3 Å². The van der Waals surface area contributed by atoms with E-state index in [9.17, 15) is 19.8 Å². The SMILES string of the molecule is C[C@@H]1C[C@H]2[C@@H]3CCC4=CC(=O)CC[C@]4(C)C3=CC[C@]2(C)[C@@]1(O)C(=O)CO. The Kier molecular flexibility index (Phi) is 3.92. The Morgan fingerprint density at radius 1 is 1.31 bits per heavy atom.